The van der Waals surface area contributed by atoms with Gasteiger partial charge < -0.3 is 9.90 Å². The third-order valence-electron chi connectivity index (χ3n) is 3.32. The molecule has 1 saturated carbocycles. The zero-order valence-corrected chi connectivity index (χ0v) is 11.7. The quantitative estimate of drug-likeness (QED) is 0.513. The Morgan fingerprint density at radius 2 is 1.93 bits per heavy atom. The molecule has 1 fully saturated rings. The molecule has 0 aromatic carbocycles. The van der Waals surface area contributed by atoms with E-state index < -0.39 is 5.97 Å². The van der Waals surface area contributed by atoms with Gasteiger partial charge in [-0.3, -0.25) is 0 Å². The summed E-state index contributed by atoms with van der Waals surface area (Å²) in [6, 6.07) is 0. The van der Waals surface area contributed by atoms with E-state index in [4.69, 9.17) is 0 Å². The van der Waals surface area contributed by atoms with Crippen LogP contribution in [0.2, 0.25) is 0 Å². The Hall–Kier alpha value is 0.470. The first kappa shape index (κ1) is 14.5. The Bertz CT molecular complexity index is 192. The molecule has 0 radical (unpaired) electrons. The average Bonchev–Trinajstić information content (AvgIpc) is 2.03. The van der Waals surface area contributed by atoms with Crippen LogP contribution in [0.15, 0.2) is 0 Å². The van der Waals surface area contributed by atoms with Crippen LogP contribution in [0.5, 0.6) is 0 Å². The van der Waals surface area contributed by atoms with E-state index in [1.54, 1.807) is 0 Å². The fourth-order valence-corrected chi connectivity index (χ4v) is 2.47. The fourth-order valence-electron chi connectivity index (χ4n) is 2.47. The molecule has 0 bridgehead atoms. The molecular formula is C11H19NaO2. The van der Waals surface area contributed by atoms with Crippen molar-refractivity contribution < 1.29 is 39.5 Å². The van der Waals surface area contributed by atoms with Gasteiger partial charge in [-0.2, -0.15) is 0 Å². The first-order chi connectivity index (χ1) is 6.02. The molecule has 0 aromatic rings. The van der Waals surface area contributed by atoms with Gasteiger partial charge in [0.05, 0.1) is 0 Å². The van der Waals surface area contributed by atoms with Crippen molar-refractivity contribution >= 4 is 5.97 Å². The predicted octanol–water partition coefficient (Wildman–Crippen LogP) is -1.55. The zero-order valence-electron chi connectivity index (χ0n) is 9.75. The molecular weight excluding hydrogens is 187 g/mol. The van der Waals surface area contributed by atoms with Crippen molar-refractivity contribution in [1.82, 2.24) is 0 Å². The van der Waals surface area contributed by atoms with Gasteiger partial charge in [-0.1, -0.05) is 27.2 Å². The van der Waals surface area contributed by atoms with E-state index in [-0.39, 0.29) is 35.5 Å². The van der Waals surface area contributed by atoms with Crippen LogP contribution in [0.4, 0.5) is 0 Å². The van der Waals surface area contributed by atoms with Crippen molar-refractivity contribution in [1.29, 1.82) is 0 Å². The Kier molecular flexibility index (Phi) is 6.35. The van der Waals surface area contributed by atoms with E-state index in [1.807, 2.05) is 0 Å². The monoisotopic (exact) mass is 206 g/mol. The number of hydrogen-bond acceptors (Lipinski definition) is 2. The second-order valence-corrected chi connectivity index (χ2v) is 4.75. The summed E-state index contributed by atoms with van der Waals surface area (Å²) in [5.41, 5.74) is 0. The van der Waals surface area contributed by atoms with E-state index >= 15 is 0 Å². The van der Waals surface area contributed by atoms with E-state index in [0.717, 1.165) is 12.8 Å². The van der Waals surface area contributed by atoms with Crippen molar-refractivity contribution in [3.8, 4) is 0 Å². The van der Waals surface area contributed by atoms with Crippen LogP contribution in [-0.2, 0) is 4.79 Å². The molecule has 0 saturated heterocycles. The molecule has 2 nitrogen and oxygen atoms in total. The van der Waals surface area contributed by atoms with Gasteiger partial charge >= 0.3 is 29.6 Å². The van der Waals surface area contributed by atoms with E-state index in [9.17, 15) is 9.90 Å². The van der Waals surface area contributed by atoms with Crippen LogP contribution in [0.1, 0.15) is 40.0 Å². The smallest absolute Gasteiger partial charge is 0.550 e. The molecule has 0 heterocycles. The maximum atomic E-state index is 10.9. The van der Waals surface area contributed by atoms with Crippen molar-refractivity contribution in [2.45, 2.75) is 40.0 Å². The number of carbonyl (C=O) groups is 1. The maximum Gasteiger partial charge on any atom is 1.00 e. The Morgan fingerprint density at radius 1 is 1.36 bits per heavy atom. The molecule has 3 atom stereocenters. The van der Waals surface area contributed by atoms with E-state index in [0.29, 0.717) is 17.8 Å². The first-order valence-electron chi connectivity index (χ1n) is 5.23. The molecule has 1 aliphatic rings. The zero-order chi connectivity index (χ0) is 10.0. The number of hydrogen-bond donors (Lipinski definition) is 0. The maximum absolute atomic E-state index is 10.9. The number of aliphatic carboxylic acids is 1. The summed E-state index contributed by atoms with van der Waals surface area (Å²) in [7, 11) is 0. The molecule has 76 valence electrons. The van der Waals surface area contributed by atoms with Gasteiger partial charge in [0.15, 0.2) is 0 Å². The van der Waals surface area contributed by atoms with Crippen LogP contribution in [0.3, 0.4) is 0 Å². The van der Waals surface area contributed by atoms with E-state index in [2.05, 4.69) is 20.8 Å². The van der Waals surface area contributed by atoms with Crippen LogP contribution in [-0.4, -0.2) is 5.97 Å². The number of carboxylic acid groups (broad SMARTS) is 1. The minimum absolute atomic E-state index is 0. The SMILES string of the molecule is CC1CCC(C(C)C)C(C(=O)[O-])C1.[Na+]. The minimum atomic E-state index is -0.842. The van der Waals surface area contributed by atoms with Gasteiger partial charge in [0, 0.05) is 11.9 Å². The molecule has 0 aliphatic heterocycles. The molecule has 3 unspecified atom stereocenters. The number of carboxylic acids is 1. The molecule has 1 rings (SSSR count). The Labute approximate surface area is 109 Å². The second-order valence-electron chi connectivity index (χ2n) is 4.75. The normalized spacial score (nSPS) is 32.4. The van der Waals surface area contributed by atoms with E-state index in [1.165, 1.54) is 6.42 Å². The van der Waals surface area contributed by atoms with Crippen LogP contribution < -0.4 is 34.7 Å². The molecule has 14 heavy (non-hydrogen) atoms. The minimum Gasteiger partial charge on any atom is -0.550 e. The predicted molar refractivity (Wildman–Crippen MR) is 49.8 cm³/mol. The standard InChI is InChI=1S/C11H20O2.Na/c1-7(2)9-5-4-8(3)6-10(9)11(12)13;/h7-10H,4-6H2,1-3H3,(H,12,13);/q;+1/p-1. The fraction of sp³-hybridized carbons (Fsp3) is 0.909. The summed E-state index contributed by atoms with van der Waals surface area (Å²) in [4.78, 5) is 10.9. The largest absolute Gasteiger partial charge is 1.00 e. The van der Waals surface area contributed by atoms with Crippen molar-refractivity contribution in [2.75, 3.05) is 0 Å². The van der Waals surface area contributed by atoms with Crippen LogP contribution in [0, 0.1) is 23.7 Å². The molecule has 0 aromatic heterocycles. The summed E-state index contributed by atoms with van der Waals surface area (Å²) in [5.74, 6) is 0.309. The van der Waals surface area contributed by atoms with Gasteiger partial charge in [0.25, 0.3) is 0 Å². The van der Waals surface area contributed by atoms with Gasteiger partial charge in [-0.05, 0) is 30.6 Å². The average molecular weight is 206 g/mol. The summed E-state index contributed by atoms with van der Waals surface area (Å²) >= 11 is 0. The third-order valence-corrected chi connectivity index (χ3v) is 3.32. The molecule has 0 spiro atoms. The summed E-state index contributed by atoms with van der Waals surface area (Å²) in [6.45, 7) is 6.35. The number of carbonyl (C=O) groups excluding carboxylic acids is 1. The topological polar surface area (TPSA) is 40.1 Å². The van der Waals surface area contributed by atoms with Crippen molar-refractivity contribution in [2.24, 2.45) is 23.7 Å². The molecule has 1 aliphatic carbocycles. The summed E-state index contributed by atoms with van der Waals surface area (Å²) in [5, 5.41) is 10.9. The summed E-state index contributed by atoms with van der Waals surface area (Å²) < 4.78 is 0. The van der Waals surface area contributed by atoms with Crippen molar-refractivity contribution in [3.05, 3.63) is 0 Å². The third kappa shape index (κ3) is 3.56. The molecule has 0 N–H and O–H groups in total. The summed E-state index contributed by atoms with van der Waals surface area (Å²) in [6.07, 6.45) is 3.04. The van der Waals surface area contributed by atoms with Gasteiger partial charge in [0.1, 0.15) is 0 Å². The Balaban J connectivity index is 0.00000169. The van der Waals surface area contributed by atoms with Crippen molar-refractivity contribution in [3.63, 3.8) is 0 Å². The van der Waals surface area contributed by atoms with Crippen LogP contribution in [0.25, 0.3) is 0 Å². The molecule has 3 heteroatoms. The van der Waals surface area contributed by atoms with Gasteiger partial charge in [-0.15, -0.1) is 0 Å². The Morgan fingerprint density at radius 3 is 2.36 bits per heavy atom. The van der Waals surface area contributed by atoms with Crippen LogP contribution >= 0.6 is 0 Å². The first-order valence-corrected chi connectivity index (χ1v) is 5.23. The molecule has 0 amide bonds. The van der Waals surface area contributed by atoms with Gasteiger partial charge in [-0.25, -0.2) is 0 Å². The second kappa shape index (κ2) is 6.14. The number of rotatable bonds is 2. The van der Waals surface area contributed by atoms with Gasteiger partial charge in [0.2, 0.25) is 0 Å².